The van der Waals surface area contributed by atoms with Crippen molar-refractivity contribution in [1.82, 2.24) is 0 Å². The number of aryl methyl sites for hydroxylation is 1. The van der Waals surface area contributed by atoms with E-state index in [2.05, 4.69) is 0 Å². The van der Waals surface area contributed by atoms with Crippen molar-refractivity contribution >= 4 is 29.3 Å². The molecule has 0 aliphatic heterocycles. The fourth-order valence-electron chi connectivity index (χ4n) is 8.10. The zero-order valence-corrected chi connectivity index (χ0v) is 22.3. The van der Waals surface area contributed by atoms with Crippen molar-refractivity contribution in [3.63, 3.8) is 0 Å². The van der Waals surface area contributed by atoms with Crippen molar-refractivity contribution in [2.75, 3.05) is 7.11 Å². The van der Waals surface area contributed by atoms with Crippen LogP contribution in [-0.4, -0.2) is 52.7 Å². The van der Waals surface area contributed by atoms with Crippen LogP contribution in [0.2, 0.25) is 0 Å². The van der Waals surface area contributed by atoms with Gasteiger partial charge in [-0.05, 0) is 67.4 Å². The van der Waals surface area contributed by atoms with Gasteiger partial charge in [-0.2, -0.15) is 0 Å². The Hall–Kier alpha value is -2.45. The van der Waals surface area contributed by atoms with Gasteiger partial charge >= 0.3 is 11.9 Å². The first kappa shape index (κ1) is 26.2. The number of aliphatic hydroxyl groups excluding tert-OH is 1. The van der Waals surface area contributed by atoms with E-state index in [1.54, 1.807) is 33.8 Å². The molecule has 7 nitrogen and oxygen atoms in total. The highest BCUT2D eigenvalue weighted by molar-refractivity contribution is 6.26. The molecule has 37 heavy (non-hydrogen) atoms. The number of furan rings is 1. The van der Waals surface area contributed by atoms with E-state index in [9.17, 15) is 19.5 Å². The van der Waals surface area contributed by atoms with Gasteiger partial charge in [0.05, 0.1) is 24.4 Å². The molecule has 0 bridgehead atoms. The zero-order chi connectivity index (χ0) is 27.1. The lowest BCUT2D eigenvalue weighted by molar-refractivity contribution is -0.199. The van der Waals surface area contributed by atoms with Crippen molar-refractivity contribution in [3.05, 3.63) is 47.5 Å². The van der Waals surface area contributed by atoms with Gasteiger partial charge in [-0.1, -0.05) is 26.8 Å². The maximum atomic E-state index is 15.8. The number of hydrogen-bond acceptors (Lipinski definition) is 7. The van der Waals surface area contributed by atoms with Crippen LogP contribution in [-0.2, 0) is 19.1 Å². The number of esters is 2. The summed E-state index contributed by atoms with van der Waals surface area (Å²) in [5.41, 5.74) is -3.02. The predicted molar refractivity (Wildman–Crippen MR) is 132 cm³/mol. The molecule has 0 aromatic carbocycles. The molecule has 3 saturated carbocycles. The molecular weight excluding hydrogens is 503 g/mol. The summed E-state index contributed by atoms with van der Waals surface area (Å²) < 4.78 is 32.3. The summed E-state index contributed by atoms with van der Waals surface area (Å²) in [4.78, 5) is 37.5. The molecule has 0 spiro atoms. The number of carbonyl (C=O) groups excluding carboxylic acids is 3. The topological polar surface area (TPSA) is 103 Å². The minimum Gasteiger partial charge on any atom is -0.466 e. The van der Waals surface area contributed by atoms with Gasteiger partial charge < -0.3 is 19.0 Å². The van der Waals surface area contributed by atoms with Gasteiger partial charge in [-0.15, -0.1) is 11.6 Å². The standard InChI is InChI=1S/C28H32ClFO7/c1-14-8-21(36-13-14)23(33)37-28(24(34)35-5)15(2)9-17-18-11-20(30)19-10-16(31)6-7-25(19,3)27(18,29)22(32)12-26(17,28)4/h6-8,10,13,15,17-18,20,22,32H,9,11-12H2,1-5H3/t15-,17?,18?,20-,22-,25-,26-,27-,28-/m0/s1. The number of fused-ring (bicyclic) bond motifs is 5. The quantitative estimate of drug-likeness (QED) is 0.450. The maximum absolute atomic E-state index is 15.8. The van der Waals surface area contributed by atoms with Crippen LogP contribution in [0.15, 0.2) is 40.5 Å². The van der Waals surface area contributed by atoms with Crippen LogP contribution in [0.25, 0.3) is 0 Å². The van der Waals surface area contributed by atoms with Crippen molar-refractivity contribution in [3.8, 4) is 0 Å². The van der Waals surface area contributed by atoms with E-state index in [1.165, 1.54) is 31.6 Å². The first-order valence-electron chi connectivity index (χ1n) is 12.6. The summed E-state index contributed by atoms with van der Waals surface area (Å²) in [6, 6.07) is 1.52. The van der Waals surface area contributed by atoms with Gasteiger partial charge in [-0.3, -0.25) is 4.79 Å². The number of rotatable bonds is 3. The Morgan fingerprint density at radius 1 is 1.24 bits per heavy atom. The molecule has 0 saturated heterocycles. The highest BCUT2D eigenvalue weighted by atomic mass is 35.5. The normalized spacial score (nSPS) is 44.4. The van der Waals surface area contributed by atoms with Crippen LogP contribution in [0.3, 0.4) is 0 Å². The molecule has 1 heterocycles. The minimum atomic E-state index is -1.76. The molecule has 1 aromatic rings. The Morgan fingerprint density at radius 2 is 1.95 bits per heavy atom. The highest BCUT2D eigenvalue weighted by Gasteiger charge is 2.78. The molecule has 9 atom stereocenters. The number of aliphatic hydroxyl groups is 1. The Bertz CT molecular complexity index is 1240. The molecule has 2 unspecified atom stereocenters. The van der Waals surface area contributed by atoms with E-state index in [0.29, 0.717) is 6.42 Å². The van der Waals surface area contributed by atoms with Crippen LogP contribution < -0.4 is 0 Å². The Morgan fingerprint density at radius 3 is 2.57 bits per heavy atom. The molecule has 5 rings (SSSR count). The van der Waals surface area contributed by atoms with E-state index in [0.717, 1.165) is 5.56 Å². The number of carbonyl (C=O) groups is 3. The number of alkyl halides is 2. The summed E-state index contributed by atoms with van der Waals surface area (Å²) in [5, 5.41) is 11.7. The van der Waals surface area contributed by atoms with Crippen LogP contribution in [0, 0.1) is 35.5 Å². The molecule has 0 amide bonds. The monoisotopic (exact) mass is 534 g/mol. The number of halogens is 2. The fraction of sp³-hybridized carbons (Fsp3) is 0.607. The SMILES string of the molecule is COC(=O)[C@@]1(OC(=O)c2cc(C)co2)[C@@H](C)CC2C3C[C@H](F)C4=CC(=O)C=C[C@]4(C)[C@@]3(Cl)[C@@H](O)C[C@@]21C. The van der Waals surface area contributed by atoms with Gasteiger partial charge in [0, 0.05) is 16.7 Å². The average molecular weight is 535 g/mol. The number of allylic oxidation sites excluding steroid dienone is 4. The van der Waals surface area contributed by atoms with E-state index in [4.69, 9.17) is 25.5 Å². The van der Waals surface area contributed by atoms with Crippen LogP contribution in [0.5, 0.6) is 0 Å². The second-order valence-electron chi connectivity index (χ2n) is 11.6. The third-order valence-corrected chi connectivity index (χ3v) is 10.8. The number of ether oxygens (including phenoxy) is 2. The predicted octanol–water partition coefficient (Wildman–Crippen LogP) is 4.49. The molecule has 1 N–H and O–H groups in total. The Labute approximate surface area is 220 Å². The lowest BCUT2D eigenvalue weighted by Crippen LogP contribution is -2.70. The molecule has 4 aliphatic carbocycles. The summed E-state index contributed by atoms with van der Waals surface area (Å²) in [7, 11) is 1.23. The number of hydrogen-bond donors (Lipinski definition) is 1. The number of methoxy groups -OCH3 is 1. The van der Waals surface area contributed by atoms with E-state index in [-0.39, 0.29) is 30.0 Å². The summed E-state index contributed by atoms with van der Waals surface area (Å²) in [6.45, 7) is 7.10. The molecule has 4 aliphatic rings. The minimum absolute atomic E-state index is 0.00315. The third-order valence-electron chi connectivity index (χ3n) is 9.84. The summed E-state index contributed by atoms with van der Waals surface area (Å²) in [5.74, 6) is -3.42. The molecule has 0 radical (unpaired) electrons. The molecule has 3 fully saturated rings. The van der Waals surface area contributed by atoms with Crippen LogP contribution in [0.4, 0.5) is 4.39 Å². The first-order valence-corrected chi connectivity index (χ1v) is 13.0. The smallest absolute Gasteiger partial charge is 0.375 e. The average Bonchev–Trinajstić information content (AvgIpc) is 3.37. The zero-order valence-electron chi connectivity index (χ0n) is 21.5. The maximum Gasteiger partial charge on any atom is 0.375 e. The lowest BCUT2D eigenvalue weighted by atomic mass is 9.45. The van der Waals surface area contributed by atoms with E-state index < -0.39 is 63.3 Å². The second-order valence-corrected chi connectivity index (χ2v) is 12.2. The summed E-state index contributed by atoms with van der Waals surface area (Å²) in [6.07, 6.45) is 3.37. The molecule has 1 aromatic heterocycles. The van der Waals surface area contributed by atoms with Gasteiger partial charge in [0.1, 0.15) is 6.17 Å². The largest absolute Gasteiger partial charge is 0.466 e. The molecule has 200 valence electrons. The van der Waals surface area contributed by atoms with Gasteiger partial charge in [0.2, 0.25) is 11.4 Å². The van der Waals surface area contributed by atoms with Crippen LogP contribution >= 0.6 is 11.6 Å². The second kappa shape index (κ2) is 8.27. The van der Waals surface area contributed by atoms with Gasteiger partial charge in [-0.25, -0.2) is 14.0 Å². The highest BCUT2D eigenvalue weighted by Crippen LogP contribution is 2.72. The van der Waals surface area contributed by atoms with E-state index in [1.807, 2.05) is 0 Å². The van der Waals surface area contributed by atoms with Crippen molar-refractivity contribution in [2.45, 2.75) is 69.7 Å². The Kier molecular flexibility index (Phi) is 5.85. The van der Waals surface area contributed by atoms with Gasteiger partial charge in [0.15, 0.2) is 5.78 Å². The third kappa shape index (κ3) is 3.18. The van der Waals surface area contributed by atoms with Crippen molar-refractivity contribution in [1.29, 1.82) is 0 Å². The fourth-order valence-corrected chi connectivity index (χ4v) is 8.59. The summed E-state index contributed by atoms with van der Waals surface area (Å²) >= 11 is 7.38. The van der Waals surface area contributed by atoms with E-state index >= 15 is 4.39 Å². The lowest BCUT2D eigenvalue weighted by Gasteiger charge is -2.64. The van der Waals surface area contributed by atoms with Gasteiger partial charge in [0.25, 0.3) is 0 Å². The Balaban J connectivity index is 1.63. The van der Waals surface area contributed by atoms with Crippen molar-refractivity contribution in [2.24, 2.45) is 28.6 Å². The van der Waals surface area contributed by atoms with Crippen molar-refractivity contribution < 1.29 is 37.8 Å². The molecule has 9 heteroatoms. The number of ketones is 1. The first-order chi connectivity index (χ1) is 17.3. The molecular formula is C28H32ClFO7. The van der Waals surface area contributed by atoms with Crippen LogP contribution in [0.1, 0.15) is 56.2 Å².